The summed E-state index contributed by atoms with van der Waals surface area (Å²) in [5, 5.41) is 3.08. The maximum atomic E-state index is 12.7. The van der Waals surface area contributed by atoms with Crippen molar-refractivity contribution in [3.8, 4) is 0 Å². The summed E-state index contributed by atoms with van der Waals surface area (Å²) in [6.45, 7) is 7.90. The van der Waals surface area contributed by atoms with E-state index < -0.39 is 5.41 Å². The first-order chi connectivity index (χ1) is 9.82. The third-order valence-corrected chi connectivity index (χ3v) is 4.26. The van der Waals surface area contributed by atoms with Crippen molar-refractivity contribution >= 4 is 27.5 Å². The van der Waals surface area contributed by atoms with E-state index >= 15 is 0 Å². The quantitative estimate of drug-likeness (QED) is 0.834. The Morgan fingerprint density at radius 1 is 1.05 bits per heavy atom. The number of amides is 1. The van der Waals surface area contributed by atoms with Gasteiger partial charge < -0.3 is 5.32 Å². The monoisotopic (exact) mass is 345 g/mol. The predicted molar refractivity (Wildman–Crippen MR) is 91.7 cm³/mol. The van der Waals surface area contributed by atoms with Crippen LogP contribution in [0.1, 0.15) is 30.5 Å². The summed E-state index contributed by atoms with van der Waals surface area (Å²) in [4.78, 5) is 12.7. The number of halogens is 1. The number of hydrogen-bond donors (Lipinski definition) is 1. The van der Waals surface area contributed by atoms with E-state index in [0.717, 1.165) is 26.9 Å². The second-order valence-corrected chi connectivity index (χ2v) is 6.78. The van der Waals surface area contributed by atoms with Gasteiger partial charge in [-0.3, -0.25) is 4.79 Å². The van der Waals surface area contributed by atoms with Gasteiger partial charge in [-0.25, -0.2) is 0 Å². The lowest BCUT2D eigenvalue weighted by molar-refractivity contribution is -0.120. The van der Waals surface area contributed by atoms with Gasteiger partial charge in [0.15, 0.2) is 0 Å². The number of carbonyl (C=O) groups is 1. The van der Waals surface area contributed by atoms with Gasteiger partial charge in [0.2, 0.25) is 5.91 Å². The van der Waals surface area contributed by atoms with Crippen molar-refractivity contribution in [3.05, 3.63) is 63.6 Å². The third-order valence-electron chi connectivity index (χ3n) is 3.80. The highest BCUT2D eigenvalue weighted by molar-refractivity contribution is 9.10. The van der Waals surface area contributed by atoms with E-state index in [0.29, 0.717) is 0 Å². The molecule has 0 unspecified atom stereocenters. The van der Waals surface area contributed by atoms with Gasteiger partial charge in [0.25, 0.3) is 0 Å². The summed E-state index contributed by atoms with van der Waals surface area (Å²) in [5.41, 5.74) is 3.44. The lowest BCUT2D eigenvalue weighted by atomic mass is 9.83. The zero-order valence-electron chi connectivity index (χ0n) is 12.8. The number of carbonyl (C=O) groups excluding carboxylic acids is 1. The standard InChI is InChI=1S/C18H20BrNO/c1-12-10-15(19)11-13(2)16(12)20-17(21)18(3,4)14-8-6-5-7-9-14/h5-11H,1-4H3,(H,20,21). The molecular weight excluding hydrogens is 326 g/mol. The molecule has 0 radical (unpaired) electrons. The molecule has 0 aliphatic rings. The molecule has 2 rings (SSSR count). The van der Waals surface area contributed by atoms with Crippen LogP contribution in [0.15, 0.2) is 46.9 Å². The van der Waals surface area contributed by atoms with Crippen molar-refractivity contribution in [3.63, 3.8) is 0 Å². The Bertz CT molecular complexity index is 639. The first kappa shape index (κ1) is 15.8. The largest absolute Gasteiger partial charge is 0.325 e. The fourth-order valence-corrected chi connectivity index (χ4v) is 3.05. The summed E-state index contributed by atoms with van der Waals surface area (Å²) in [5.74, 6) is 0.00206. The molecule has 0 saturated carbocycles. The lowest BCUT2D eigenvalue weighted by Gasteiger charge is -2.25. The fourth-order valence-electron chi connectivity index (χ4n) is 2.36. The van der Waals surface area contributed by atoms with Crippen LogP contribution in [0.5, 0.6) is 0 Å². The minimum absolute atomic E-state index is 0.00206. The maximum absolute atomic E-state index is 12.7. The Morgan fingerprint density at radius 3 is 2.10 bits per heavy atom. The van der Waals surface area contributed by atoms with Crippen LogP contribution < -0.4 is 5.32 Å². The first-order valence-electron chi connectivity index (χ1n) is 6.96. The van der Waals surface area contributed by atoms with Crippen molar-refractivity contribution in [1.29, 1.82) is 0 Å². The molecule has 0 spiro atoms. The Balaban J connectivity index is 2.30. The summed E-state index contributed by atoms with van der Waals surface area (Å²) < 4.78 is 1.03. The number of nitrogens with one attached hydrogen (secondary N) is 1. The smallest absolute Gasteiger partial charge is 0.234 e. The molecule has 0 bridgehead atoms. The molecule has 110 valence electrons. The van der Waals surface area contributed by atoms with E-state index in [4.69, 9.17) is 0 Å². The second kappa shape index (κ2) is 6.02. The van der Waals surface area contributed by atoms with Gasteiger partial charge in [-0.15, -0.1) is 0 Å². The highest BCUT2D eigenvalue weighted by Gasteiger charge is 2.30. The Kier molecular flexibility index (Phi) is 4.52. The SMILES string of the molecule is Cc1cc(Br)cc(C)c1NC(=O)C(C)(C)c1ccccc1. The molecule has 0 aliphatic heterocycles. The lowest BCUT2D eigenvalue weighted by Crippen LogP contribution is -2.35. The van der Waals surface area contributed by atoms with Crippen molar-refractivity contribution in [2.45, 2.75) is 33.1 Å². The van der Waals surface area contributed by atoms with Gasteiger partial charge in [0, 0.05) is 10.2 Å². The molecule has 1 N–H and O–H groups in total. The molecule has 0 atom stereocenters. The van der Waals surface area contributed by atoms with Gasteiger partial charge in [0.1, 0.15) is 0 Å². The summed E-state index contributed by atoms with van der Waals surface area (Å²) >= 11 is 3.48. The molecule has 0 aromatic heterocycles. The molecule has 0 aliphatic carbocycles. The topological polar surface area (TPSA) is 29.1 Å². The highest BCUT2D eigenvalue weighted by atomic mass is 79.9. The molecule has 2 nitrogen and oxygen atoms in total. The van der Waals surface area contributed by atoms with Crippen LogP contribution in [-0.4, -0.2) is 5.91 Å². The van der Waals surface area contributed by atoms with E-state index in [1.165, 1.54) is 0 Å². The van der Waals surface area contributed by atoms with Crippen LogP contribution >= 0.6 is 15.9 Å². The number of aryl methyl sites for hydroxylation is 2. The van der Waals surface area contributed by atoms with Crippen molar-refractivity contribution in [2.24, 2.45) is 0 Å². The second-order valence-electron chi connectivity index (χ2n) is 5.86. The fraction of sp³-hybridized carbons (Fsp3) is 0.278. The molecule has 3 heteroatoms. The van der Waals surface area contributed by atoms with E-state index in [2.05, 4.69) is 21.2 Å². The molecule has 1 amide bonds. The van der Waals surface area contributed by atoms with Crippen LogP contribution in [0, 0.1) is 13.8 Å². The molecular formula is C18H20BrNO. The predicted octanol–water partition coefficient (Wildman–Crippen LogP) is 4.98. The van der Waals surface area contributed by atoms with Gasteiger partial charge in [-0.1, -0.05) is 46.3 Å². The number of hydrogen-bond acceptors (Lipinski definition) is 1. The zero-order chi connectivity index (χ0) is 15.6. The Labute approximate surface area is 134 Å². The molecule has 0 fully saturated rings. The normalized spacial score (nSPS) is 11.3. The van der Waals surface area contributed by atoms with Gasteiger partial charge >= 0.3 is 0 Å². The molecule has 0 saturated heterocycles. The third kappa shape index (κ3) is 3.35. The summed E-state index contributed by atoms with van der Waals surface area (Å²) in [7, 11) is 0. The van der Waals surface area contributed by atoms with Crippen molar-refractivity contribution in [2.75, 3.05) is 5.32 Å². The van der Waals surface area contributed by atoms with Crippen LogP contribution in [0.3, 0.4) is 0 Å². The Hall–Kier alpha value is -1.61. The average Bonchev–Trinajstić information content (AvgIpc) is 2.43. The minimum atomic E-state index is -0.576. The number of rotatable bonds is 3. The highest BCUT2D eigenvalue weighted by Crippen LogP contribution is 2.29. The van der Waals surface area contributed by atoms with Gasteiger partial charge in [0.05, 0.1) is 5.41 Å². The van der Waals surface area contributed by atoms with Gasteiger partial charge in [-0.2, -0.15) is 0 Å². The zero-order valence-corrected chi connectivity index (χ0v) is 14.4. The van der Waals surface area contributed by atoms with E-state index in [1.807, 2.05) is 70.2 Å². The maximum Gasteiger partial charge on any atom is 0.234 e. The molecule has 21 heavy (non-hydrogen) atoms. The van der Waals surface area contributed by atoms with E-state index in [-0.39, 0.29) is 5.91 Å². The number of benzene rings is 2. The van der Waals surface area contributed by atoms with Crippen LogP contribution in [0.2, 0.25) is 0 Å². The van der Waals surface area contributed by atoms with Crippen molar-refractivity contribution in [1.82, 2.24) is 0 Å². The van der Waals surface area contributed by atoms with Crippen LogP contribution in [0.25, 0.3) is 0 Å². The number of anilines is 1. The van der Waals surface area contributed by atoms with E-state index in [1.54, 1.807) is 0 Å². The summed E-state index contributed by atoms with van der Waals surface area (Å²) in [6, 6.07) is 13.9. The van der Waals surface area contributed by atoms with Crippen LogP contribution in [-0.2, 0) is 10.2 Å². The van der Waals surface area contributed by atoms with Crippen molar-refractivity contribution < 1.29 is 4.79 Å². The van der Waals surface area contributed by atoms with Crippen LogP contribution in [0.4, 0.5) is 5.69 Å². The van der Waals surface area contributed by atoms with Gasteiger partial charge in [-0.05, 0) is 56.5 Å². The molecule has 2 aromatic rings. The minimum Gasteiger partial charge on any atom is -0.325 e. The molecule has 2 aromatic carbocycles. The average molecular weight is 346 g/mol. The van der Waals surface area contributed by atoms with E-state index in [9.17, 15) is 4.79 Å². The Morgan fingerprint density at radius 2 is 1.57 bits per heavy atom. The summed E-state index contributed by atoms with van der Waals surface area (Å²) in [6.07, 6.45) is 0. The first-order valence-corrected chi connectivity index (χ1v) is 7.75. The molecule has 0 heterocycles.